The molecule has 162 valence electrons. The van der Waals surface area contributed by atoms with Gasteiger partial charge in [-0.2, -0.15) is 0 Å². The Morgan fingerprint density at radius 2 is 1.00 bits per heavy atom. The molecule has 0 unspecified atom stereocenters. The molecule has 0 aliphatic carbocycles. The van der Waals surface area contributed by atoms with E-state index in [2.05, 4.69) is 38.8 Å². The minimum Gasteiger partial charge on any atom is -0.506 e. The van der Waals surface area contributed by atoms with Crippen LogP contribution < -0.4 is 0 Å². The largest absolute Gasteiger partial charge is 0.506 e. The monoisotopic (exact) mass is 518 g/mol. The molecule has 0 amide bonds. The van der Waals surface area contributed by atoms with Crippen LogP contribution in [0, 0.1) is 0 Å². The first-order chi connectivity index (χ1) is 13.6. The molecular formula is C24H40Br2O2. The van der Waals surface area contributed by atoms with Gasteiger partial charge < -0.3 is 10.2 Å². The third-order valence-corrected chi connectivity index (χ3v) is 6.90. The third-order valence-electron chi connectivity index (χ3n) is 5.55. The van der Waals surface area contributed by atoms with Crippen molar-refractivity contribution in [2.24, 2.45) is 0 Å². The van der Waals surface area contributed by atoms with Crippen LogP contribution in [0.5, 0.6) is 11.5 Å². The first-order valence-electron chi connectivity index (χ1n) is 11.5. The summed E-state index contributed by atoms with van der Waals surface area (Å²) in [6, 6.07) is 1.82. The van der Waals surface area contributed by atoms with E-state index in [1.807, 2.05) is 6.07 Å². The molecule has 0 aromatic heterocycles. The molecule has 1 aromatic rings. The van der Waals surface area contributed by atoms with Gasteiger partial charge in [0.1, 0.15) is 16.0 Å². The second-order valence-electron chi connectivity index (χ2n) is 8.08. The molecule has 0 spiro atoms. The lowest BCUT2D eigenvalue weighted by Crippen LogP contribution is -1.90. The maximum atomic E-state index is 10.1. The predicted octanol–water partition coefficient (Wildman–Crippen LogP) is 9.43. The van der Waals surface area contributed by atoms with E-state index in [1.165, 1.54) is 96.3 Å². The maximum Gasteiger partial charge on any atom is 0.147 e. The zero-order valence-corrected chi connectivity index (χ0v) is 20.9. The van der Waals surface area contributed by atoms with Crippen LogP contribution in [-0.2, 0) is 6.42 Å². The number of unbranched alkanes of at least 4 members (excludes halogenated alkanes) is 15. The van der Waals surface area contributed by atoms with Crippen LogP contribution in [0.2, 0.25) is 0 Å². The van der Waals surface area contributed by atoms with Crippen LogP contribution in [0.1, 0.15) is 115 Å². The summed E-state index contributed by atoms with van der Waals surface area (Å²) < 4.78 is 1.01. The van der Waals surface area contributed by atoms with Crippen molar-refractivity contribution in [1.82, 2.24) is 0 Å². The van der Waals surface area contributed by atoms with Crippen molar-refractivity contribution in [3.63, 3.8) is 0 Å². The molecule has 28 heavy (non-hydrogen) atoms. The maximum absolute atomic E-state index is 10.1. The Morgan fingerprint density at radius 1 is 0.607 bits per heavy atom. The molecule has 0 heterocycles. The van der Waals surface area contributed by atoms with E-state index in [0.29, 0.717) is 8.95 Å². The summed E-state index contributed by atoms with van der Waals surface area (Å²) >= 11 is 6.57. The highest BCUT2D eigenvalue weighted by Gasteiger charge is 2.13. The second kappa shape index (κ2) is 16.6. The molecule has 2 N–H and O–H groups in total. The van der Waals surface area contributed by atoms with E-state index in [0.717, 1.165) is 18.4 Å². The van der Waals surface area contributed by atoms with Gasteiger partial charge in [-0.05, 0) is 56.3 Å². The first-order valence-corrected chi connectivity index (χ1v) is 13.0. The number of phenolic OH excluding ortho intramolecular Hbond substituents is 2. The van der Waals surface area contributed by atoms with E-state index >= 15 is 0 Å². The molecule has 4 heteroatoms. The number of hydrogen-bond donors (Lipinski definition) is 2. The minimum atomic E-state index is 0.0632. The van der Waals surface area contributed by atoms with Gasteiger partial charge >= 0.3 is 0 Å². The molecule has 0 saturated carbocycles. The van der Waals surface area contributed by atoms with Gasteiger partial charge in [0.05, 0.1) is 4.47 Å². The average molecular weight is 520 g/mol. The van der Waals surface area contributed by atoms with Crippen LogP contribution in [0.25, 0.3) is 0 Å². The minimum absolute atomic E-state index is 0.0632. The van der Waals surface area contributed by atoms with Crippen LogP contribution in [-0.4, -0.2) is 10.2 Å². The van der Waals surface area contributed by atoms with Crippen molar-refractivity contribution in [2.75, 3.05) is 0 Å². The predicted molar refractivity (Wildman–Crippen MR) is 128 cm³/mol. The summed E-state index contributed by atoms with van der Waals surface area (Å²) in [5.74, 6) is 0.231. The lowest BCUT2D eigenvalue weighted by Gasteiger charge is -2.09. The van der Waals surface area contributed by atoms with Crippen LogP contribution in [0.3, 0.4) is 0 Å². The summed E-state index contributed by atoms with van der Waals surface area (Å²) in [4.78, 5) is 0. The Labute approximate surface area is 189 Å². The highest BCUT2D eigenvalue weighted by atomic mass is 79.9. The molecule has 2 nitrogen and oxygen atoms in total. The molecule has 0 aliphatic heterocycles. The van der Waals surface area contributed by atoms with Gasteiger partial charge in [0.25, 0.3) is 0 Å². The van der Waals surface area contributed by atoms with Crippen molar-refractivity contribution >= 4 is 31.9 Å². The van der Waals surface area contributed by atoms with Gasteiger partial charge in [0, 0.05) is 0 Å². The summed E-state index contributed by atoms with van der Waals surface area (Å²) in [5, 5.41) is 19.9. The van der Waals surface area contributed by atoms with Gasteiger partial charge in [-0.25, -0.2) is 0 Å². The molecule has 0 aliphatic rings. The Morgan fingerprint density at radius 3 is 1.43 bits per heavy atom. The molecule has 0 bridgehead atoms. The Balaban J connectivity index is 1.91. The number of benzene rings is 1. The van der Waals surface area contributed by atoms with Crippen molar-refractivity contribution in [3.05, 3.63) is 20.6 Å². The second-order valence-corrected chi connectivity index (χ2v) is 9.73. The summed E-state index contributed by atoms with van der Waals surface area (Å²) in [7, 11) is 0. The van der Waals surface area contributed by atoms with Crippen LogP contribution >= 0.6 is 31.9 Å². The molecule has 1 aromatic carbocycles. The highest BCUT2D eigenvalue weighted by molar-refractivity contribution is 9.11. The zero-order valence-electron chi connectivity index (χ0n) is 17.7. The lowest BCUT2D eigenvalue weighted by atomic mass is 10.0. The van der Waals surface area contributed by atoms with Crippen molar-refractivity contribution in [1.29, 1.82) is 0 Å². The Kier molecular flexibility index (Phi) is 15.3. The molecular weight excluding hydrogens is 480 g/mol. The summed E-state index contributed by atoms with van der Waals surface area (Å²) in [6.45, 7) is 2.28. The average Bonchev–Trinajstić information content (AvgIpc) is 2.69. The van der Waals surface area contributed by atoms with E-state index in [9.17, 15) is 10.2 Å². The topological polar surface area (TPSA) is 40.5 Å². The SMILES string of the molecule is CCCCCCCCCCCCCCCCCCc1cc(Br)c(O)c(Br)c1O. The number of aryl methyl sites for hydroxylation is 1. The van der Waals surface area contributed by atoms with Gasteiger partial charge in [0.15, 0.2) is 0 Å². The van der Waals surface area contributed by atoms with Crippen LogP contribution in [0.15, 0.2) is 15.0 Å². The Bertz CT molecular complexity index is 532. The van der Waals surface area contributed by atoms with Crippen LogP contribution in [0.4, 0.5) is 0 Å². The van der Waals surface area contributed by atoms with E-state index < -0.39 is 0 Å². The highest BCUT2D eigenvalue weighted by Crippen LogP contribution is 2.41. The van der Waals surface area contributed by atoms with Crippen molar-refractivity contribution in [2.45, 2.75) is 116 Å². The fraction of sp³-hybridized carbons (Fsp3) is 0.750. The van der Waals surface area contributed by atoms with E-state index in [-0.39, 0.29) is 11.5 Å². The smallest absolute Gasteiger partial charge is 0.147 e. The van der Waals surface area contributed by atoms with Gasteiger partial charge in [-0.1, -0.05) is 103 Å². The third kappa shape index (κ3) is 11.1. The fourth-order valence-corrected chi connectivity index (χ4v) is 4.91. The van der Waals surface area contributed by atoms with Gasteiger partial charge in [-0.15, -0.1) is 0 Å². The van der Waals surface area contributed by atoms with Crippen molar-refractivity contribution in [3.8, 4) is 11.5 Å². The first kappa shape index (κ1) is 25.8. The van der Waals surface area contributed by atoms with Gasteiger partial charge in [-0.3, -0.25) is 0 Å². The standard InChI is InChI=1S/C24H40Br2O2/c1-2-3-4-5-6-7-8-9-10-11-12-13-14-15-16-17-18-20-19-21(25)24(28)22(26)23(20)27/h19,27-28H,2-18H2,1H3. The number of rotatable bonds is 17. The quantitative estimate of drug-likeness (QED) is 0.201. The number of aromatic hydroxyl groups is 2. The van der Waals surface area contributed by atoms with E-state index in [4.69, 9.17) is 0 Å². The molecule has 0 saturated heterocycles. The summed E-state index contributed by atoms with van der Waals surface area (Å²) in [5.41, 5.74) is 0.891. The molecule has 0 fully saturated rings. The van der Waals surface area contributed by atoms with Crippen molar-refractivity contribution < 1.29 is 10.2 Å². The number of hydrogen-bond acceptors (Lipinski definition) is 2. The molecule has 0 radical (unpaired) electrons. The lowest BCUT2D eigenvalue weighted by molar-refractivity contribution is 0.436. The number of phenols is 2. The van der Waals surface area contributed by atoms with Gasteiger partial charge in [0.2, 0.25) is 0 Å². The fourth-order valence-electron chi connectivity index (χ4n) is 3.70. The molecule has 0 atom stereocenters. The Hall–Kier alpha value is -0.220. The van der Waals surface area contributed by atoms with E-state index in [1.54, 1.807) is 0 Å². The normalized spacial score (nSPS) is 11.2. The number of halogens is 2. The molecule has 1 rings (SSSR count). The summed E-state index contributed by atoms with van der Waals surface area (Å²) in [6.07, 6.45) is 22.7. The zero-order chi connectivity index (χ0) is 20.6.